The normalized spacial score (nSPS) is 40.6. The van der Waals surface area contributed by atoms with Gasteiger partial charge < -0.3 is 15.3 Å². The van der Waals surface area contributed by atoms with Crippen LogP contribution in [0.2, 0.25) is 0 Å². The molecule has 0 aromatic carbocycles. The molecule has 0 aromatic heterocycles. The van der Waals surface area contributed by atoms with Gasteiger partial charge in [-0.25, -0.2) is 0 Å². The maximum absolute atomic E-state index is 10.6. The van der Waals surface area contributed by atoms with Crippen molar-refractivity contribution in [2.45, 2.75) is 83.5 Å². The van der Waals surface area contributed by atoms with Crippen LogP contribution in [0, 0.1) is 17.3 Å². The van der Waals surface area contributed by atoms with E-state index in [1.165, 1.54) is 0 Å². The van der Waals surface area contributed by atoms with Crippen molar-refractivity contribution < 1.29 is 15.3 Å². The van der Waals surface area contributed by atoms with Crippen molar-refractivity contribution in [2.75, 3.05) is 0 Å². The van der Waals surface area contributed by atoms with Crippen molar-refractivity contribution in [1.29, 1.82) is 0 Å². The second-order valence-electron chi connectivity index (χ2n) is 8.69. The summed E-state index contributed by atoms with van der Waals surface area (Å²) in [5.74, 6) is 0.547. The van der Waals surface area contributed by atoms with Crippen molar-refractivity contribution >= 4 is 0 Å². The summed E-state index contributed by atoms with van der Waals surface area (Å²) in [5, 5.41) is 31.4. The first-order valence-corrected chi connectivity index (χ1v) is 8.98. The van der Waals surface area contributed by atoms with Crippen molar-refractivity contribution in [2.24, 2.45) is 17.3 Å². The molecule has 0 aliphatic heterocycles. The van der Waals surface area contributed by atoms with Crippen molar-refractivity contribution in [1.82, 2.24) is 0 Å². The monoisotopic (exact) mass is 322 g/mol. The molecule has 0 radical (unpaired) electrons. The van der Waals surface area contributed by atoms with Gasteiger partial charge in [-0.15, -0.1) is 0 Å². The van der Waals surface area contributed by atoms with Crippen LogP contribution in [0.15, 0.2) is 24.3 Å². The molecule has 0 saturated heterocycles. The molecule has 0 amide bonds. The minimum Gasteiger partial charge on any atom is -0.390 e. The number of hydrogen-bond acceptors (Lipinski definition) is 3. The molecule has 5 atom stereocenters. The molecule has 2 saturated carbocycles. The summed E-state index contributed by atoms with van der Waals surface area (Å²) in [4.78, 5) is 0. The summed E-state index contributed by atoms with van der Waals surface area (Å²) >= 11 is 0. The standard InChI is InChI=1S/C20H34O3/c1-13-6-8-16-15(19(3,4)23)10-11-20(16,5)12-18(22)14(2)7-9-17(13)21/h15-18,21-23H,1-2,6-12H2,3-5H3/t15-,16-,17+,18+,20-/m1/s1. The highest BCUT2D eigenvalue weighted by Crippen LogP contribution is 2.55. The summed E-state index contributed by atoms with van der Waals surface area (Å²) in [6.45, 7) is 14.1. The Morgan fingerprint density at radius 1 is 1.00 bits per heavy atom. The van der Waals surface area contributed by atoms with E-state index in [-0.39, 0.29) is 11.3 Å². The molecule has 2 aliphatic carbocycles. The van der Waals surface area contributed by atoms with Gasteiger partial charge in [0, 0.05) is 0 Å². The minimum atomic E-state index is -0.718. The molecular formula is C20H34O3. The van der Waals surface area contributed by atoms with E-state index in [9.17, 15) is 15.3 Å². The van der Waals surface area contributed by atoms with E-state index < -0.39 is 17.8 Å². The Morgan fingerprint density at radius 3 is 2.17 bits per heavy atom. The molecule has 132 valence electrons. The maximum Gasteiger partial charge on any atom is 0.0752 e. The average Bonchev–Trinajstić information content (AvgIpc) is 2.77. The topological polar surface area (TPSA) is 60.7 Å². The second-order valence-corrected chi connectivity index (χ2v) is 8.69. The molecule has 2 aliphatic rings. The molecule has 3 nitrogen and oxygen atoms in total. The Kier molecular flexibility index (Phi) is 5.44. The van der Waals surface area contributed by atoms with Gasteiger partial charge in [0.1, 0.15) is 0 Å². The lowest BCUT2D eigenvalue weighted by molar-refractivity contribution is -0.0227. The van der Waals surface area contributed by atoms with Crippen LogP contribution >= 0.6 is 0 Å². The molecule has 0 unspecified atom stereocenters. The van der Waals surface area contributed by atoms with Gasteiger partial charge in [-0.3, -0.25) is 0 Å². The Hall–Kier alpha value is -0.640. The minimum absolute atomic E-state index is 0.00258. The average molecular weight is 322 g/mol. The van der Waals surface area contributed by atoms with Crippen LogP contribution in [0.4, 0.5) is 0 Å². The summed E-state index contributed by atoms with van der Waals surface area (Å²) < 4.78 is 0. The van der Waals surface area contributed by atoms with Crippen molar-refractivity contribution in [3.63, 3.8) is 0 Å². The van der Waals surface area contributed by atoms with Crippen molar-refractivity contribution in [3.8, 4) is 0 Å². The van der Waals surface area contributed by atoms with E-state index >= 15 is 0 Å². The van der Waals surface area contributed by atoms with Gasteiger partial charge >= 0.3 is 0 Å². The third kappa shape index (κ3) is 4.07. The number of hydrogen-bond donors (Lipinski definition) is 3. The molecular weight excluding hydrogens is 288 g/mol. The van der Waals surface area contributed by atoms with Crippen LogP contribution in [-0.4, -0.2) is 33.1 Å². The molecule has 0 spiro atoms. The number of aliphatic hydroxyl groups is 3. The molecule has 0 aromatic rings. The van der Waals surface area contributed by atoms with Crippen LogP contribution in [0.1, 0.15) is 65.7 Å². The summed E-state index contributed by atoms with van der Waals surface area (Å²) in [6, 6.07) is 0. The fraction of sp³-hybridized carbons (Fsp3) is 0.800. The Labute approximate surface area is 141 Å². The largest absolute Gasteiger partial charge is 0.390 e. The van der Waals surface area contributed by atoms with E-state index in [1.807, 2.05) is 13.8 Å². The zero-order chi connectivity index (χ0) is 17.4. The summed E-state index contributed by atoms with van der Waals surface area (Å²) in [6.07, 6.45) is 4.58. The first-order chi connectivity index (χ1) is 10.5. The number of fused-ring (bicyclic) bond motifs is 1. The van der Waals surface area contributed by atoms with Gasteiger partial charge in [0.2, 0.25) is 0 Å². The van der Waals surface area contributed by atoms with E-state index in [2.05, 4.69) is 20.1 Å². The third-order valence-electron chi connectivity index (χ3n) is 6.43. The summed E-state index contributed by atoms with van der Waals surface area (Å²) in [7, 11) is 0. The van der Waals surface area contributed by atoms with Crippen molar-refractivity contribution in [3.05, 3.63) is 24.3 Å². The van der Waals surface area contributed by atoms with Crippen LogP contribution in [-0.2, 0) is 0 Å². The van der Waals surface area contributed by atoms with Gasteiger partial charge in [-0.05, 0) is 87.2 Å². The molecule has 2 fully saturated rings. The zero-order valence-corrected chi connectivity index (χ0v) is 15.0. The van der Waals surface area contributed by atoms with Gasteiger partial charge in [-0.1, -0.05) is 20.1 Å². The molecule has 3 N–H and O–H groups in total. The van der Waals surface area contributed by atoms with Crippen LogP contribution in [0.5, 0.6) is 0 Å². The van der Waals surface area contributed by atoms with Gasteiger partial charge in [0.15, 0.2) is 0 Å². The van der Waals surface area contributed by atoms with Crippen LogP contribution < -0.4 is 0 Å². The predicted octanol–water partition coefficient (Wildman–Crippen LogP) is 3.59. The number of rotatable bonds is 1. The zero-order valence-electron chi connectivity index (χ0n) is 15.0. The maximum atomic E-state index is 10.6. The lowest BCUT2D eigenvalue weighted by atomic mass is 9.67. The molecule has 0 bridgehead atoms. The van der Waals surface area contributed by atoms with Crippen LogP contribution in [0.3, 0.4) is 0 Å². The first-order valence-electron chi connectivity index (χ1n) is 8.98. The first kappa shape index (κ1) is 18.7. The quantitative estimate of drug-likeness (QED) is 0.647. The summed E-state index contributed by atoms with van der Waals surface area (Å²) in [5.41, 5.74) is 0.969. The Balaban J connectivity index is 2.30. The van der Waals surface area contributed by atoms with Gasteiger partial charge in [0.25, 0.3) is 0 Å². The Morgan fingerprint density at radius 2 is 1.57 bits per heavy atom. The number of aliphatic hydroxyl groups excluding tert-OH is 2. The smallest absolute Gasteiger partial charge is 0.0752 e. The highest BCUT2D eigenvalue weighted by molar-refractivity contribution is 5.11. The molecule has 2 rings (SSSR count). The fourth-order valence-corrected chi connectivity index (χ4v) is 4.79. The van der Waals surface area contributed by atoms with E-state index in [4.69, 9.17) is 0 Å². The fourth-order valence-electron chi connectivity index (χ4n) is 4.79. The second kappa shape index (κ2) is 6.70. The Bertz CT molecular complexity index is 462. The lowest BCUT2D eigenvalue weighted by Crippen LogP contribution is -2.38. The molecule has 3 heteroatoms. The van der Waals surface area contributed by atoms with E-state index in [1.54, 1.807) is 0 Å². The SMILES string of the molecule is C=C1CC[C@@H]2[C@H](C(C)(C)O)CC[C@]2(C)C[C@H](O)C(=C)CC[C@@H]1O. The highest BCUT2D eigenvalue weighted by Gasteiger charge is 2.50. The lowest BCUT2D eigenvalue weighted by Gasteiger charge is -2.40. The van der Waals surface area contributed by atoms with Gasteiger partial charge in [-0.2, -0.15) is 0 Å². The van der Waals surface area contributed by atoms with E-state index in [0.717, 1.165) is 36.8 Å². The van der Waals surface area contributed by atoms with Crippen LogP contribution in [0.25, 0.3) is 0 Å². The molecule has 0 heterocycles. The van der Waals surface area contributed by atoms with E-state index in [0.29, 0.717) is 25.2 Å². The third-order valence-corrected chi connectivity index (χ3v) is 6.43. The predicted molar refractivity (Wildman–Crippen MR) is 94.0 cm³/mol. The molecule has 23 heavy (non-hydrogen) atoms. The highest BCUT2D eigenvalue weighted by atomic mass is 16.3. The van der Waals surface area contributed by atoms with Gasteiger partial charge in [0.05, 0.1) is 17.8 Å².